The molecule has 3 rings (SSSR count). The van der Waals surface area contributed by atoms with E-state index in [9.17, 15) is 9.90 Å². The topological polar surface area (TPSA) is 49.3 Å². The second-order valence-electron chi connectivity index (χ2n) is 5.75. The molecule has 1 aromatic carbocycles. The molecule has 0 amide bonds. The van der Waals surface area contributed by atoms with E-state index < -0.39 is 5.97 Å². The molecule has 2 aliphatic carbocycles. The van der Waals surface area contributed by atoms with Crippen molar-refractivity contribution in [1.29, 1.82) is 0 Å². The number of aryl methyl sites for hydroxylation is 2. The Morgan fingerprint density at radius 2 is 2.15 bits per heavy atom. The fraction of sp³-hybridized carbons (Fsp3) is 0.562. The minimum Gasteiger partial charge on any atom is -0.480 e. The molecule has 0 saturated heterocycles. The summed E-state index contributed by atoms with van der Waals surface area (Å²) >= 11 is 1.78. The second kappa shape index (κ2) is 6.19. The van der Waals surface area contributed by atoms with Crippen molar-refractivity contribution in [2.45, 2.75) is 55.5 Å². The maximum atomic E-state index is 11.2. The Bertz CT molecular complexity index is 499. The summed E-state index contributed by atoms with van der Waals surface area (Å²) in [5.74, 6) is 0.140. The molecule has 4 heteroatoms. The van der Waals surface area contributed by atoms with Crippen molar-refractivity contribution >= 4 is 17.7 Å². The summed E-state index contributed by atoms with van der Waals surface area (Å²) in [7, 11) is 0. The monoisotopic (exact) mass is 291 g/mol. The average molecular weight is 291 g/mol. The van der Waals surface area contributed by atoms with Gasteiger partial charge in [0.1, 0.15) is 6.04 Å². The summed E-state index contributed by atoms with van der Waals surface area (Å²) in [5, 5.41) is 12.4. The smallest absolute Gasteiger partial charge is 0.320 e. The molecule has 0 radical (unpaired) electrons. The molecule has 1 aromatic rings. The maximum Gasteiger partial charge on any atom is 0.320 e. The van der Waals surface area contributed by atoms with Crippen molar-refractivity contribution in [3.8, 4) is 0 Å². The lowest BCUT2D eigenvalue weighted by Gasteiger charge is -2.13. The highest BCUT2D eigenvalue weighted by Crippen LogP contribution is 2.28. The Morgan fingerprint density at radius 3 is 2.90 bits per heavy atom. The van der Waals surface area contributed by atoms with Crippen LogP contribution in [0, 0.1) is 0 Å². The molecule has 0 heterocycles. The van der Waals surface area contributed by atoms with Crippen LogP contribution in [0.2, 0.25) is 0 Å². The molecular weight excluding hydrogens is 270 g/mol. The number of carbonyl (C=O) groups is 1. The first-order valence-electron chi connectivity index (χ1n) is 7.46. The first-order chi connectivity index (χ1) is 9.72. The van der Waals surface area contributed by atoms with Gasteiger partial charge in [0.25, 0.3) is 0 Å². The lowest BCUT2D eigenvalue weighted by molar-refractivity contribution is -0.139. The molecule has 1 fully saturated rings. The minimum atomic E-state index is -0.716. The number of nitrogens with one attached hydrogen (secondary N) is 1. The molecule has 3 nitrogen and oxygen atoms in total. The molecule has 1 saturated carbocycles. The van der Waals surface area contributed by atoms with Gasteiger partial charge in [-0.1, -0.05) is 6.07 Å². The first kappa shape index (κ1) is 14.0. The largest absolute Gasteiger partial charge is 0.480 e. The number of aliphatic carboxylic acids is 1. The highest BCUT2D eigenvalue weighted by Gasteiger charge is 2.27. The highest BCUT2D eigenvalue weighted by atomic mass is 32.2. The molecule has 0 aromatic heterocycles. The number of thioether (sulfide) groups is 1. The lowest BCUT2D eigenvalue weighted by Crippen LogP contribution is -2.38. The van der Waals surface area contributed by atoms with Crippen molar-refractivity contribution in [3.63, 3.8) is 0 Å². The fourth-order valence-corrected chi connectivity index (χ4v) is 3.72. The summed E-state index contributed by atoms with van der Waals surface area (Å²) in [6.07, 6.45) is 6.63. The van der Waals surface area contributed by atoms with Crippen LogP contribution in [0.5, 0.6) is 0 Å². The molecule has 0 bridgehead atoms. The van der Waals surface area contributed by atoms with E-state index in [4.69, 9.17) is 0 Å². The van der Waals surface area contributed by atoms with Crippen LogP contribution in [0.1, 0.15) is 36.8 Å². The average Bonchev–Trinajstić information content (AvgIpc) is 3.12. The zero-order valence-corrected chi connectivity index (χ0v) is 12.4. The van der Waals surface area contributed by atoms with Crippen LogP contribution in [0.3, 0.4) is 0 Å². The van der Waals surface area contributed by atoms with Crippen molar-refractivity contribution in [2.24, 2.45) is 0 Å². The van der Waals surface area contributed by atoms with Crippen LogP contribution < -0.4 is 5.32 Å². The van der Waals surface area contributed by atoms with Crippen LogP contribution in [-0.4, -0.2) is 28.9 Å². The van der Waals surface area contributed by atoms with Gasteiger partial charge in [0, 0.05) is 16.7 Å². The third kappa shape index (κ3) is 3.55. The molecule has 2 N–H and O–H groups in total. The molecule has 1 atom stereocenters. The summed E-state index contributed by atoms with van der Waals surface area (Å²) in [6.45, 7) is 0. The van der Waals surface area contributed by atoms with Crippen LogP contribution in [-0.2, 0) is 17.6 Å². The fourth-order valence-electron chi connectivity index (χ4n) is 2.75. The quantitative estimate of drug-likeness (QED) is 0.758. The van der Waals surface area contributed by atoms with Gasteiger partial charge in [0.05, 0.1) is 0 Å². The van der Waals surface area contributed by atoms with E-state index >= 15 is 0 Å². The van der Waals surface area contributed by atoms with Gasteiger partial charge >= 0.3 is 5.97 Å². The van der Waals surface area contributed by atoms with E-state index in [1.807, 2.05) is 0 Å². The van der Waals surface area contributed by atoms with Gasteiger partial charge in [-0.3, -0.25) is 4.79 Å². The number of hydrogen-bond donors (Lipinski definition) is 2. The number of hydrogen-bond acceptors (Lipinski definition) is 3. The summed E-state index contributed by atoms with van der Waals surface area (Å²) < 4.78 is 0. The molecule has 0 spiro atoms. The summed E-state index contributed by atoms with van der Waals surface area (Å²) in [6, 6.07) is 6.77. The van der Waals surface area contributed by atoms with E-state index in [-0.39, 0.29) is 6.04 Å². The number of carboxylic acids is 1. The van der Waals surface area contributed by atoms with Gasteiger partial charge < -0.3 is 10.4 Å². The SMILES string of the molecule is O=C(O)C(CCSc1ccc2c(c1)CCC2)NC1CC1. The van der Waals surface area contributed by atoms with E-state index in [1.54, 1.807) is 11.8 Å². The van der Waals surface area contributed by atoms with Crippen molar-refractivity contribution in [2.75, 3.05) is 5.75 Å². The summed E-state index contributed by atoms with van der Waals surface area (Å²) in [5.41, 5.74) is 2.98. The number of benzene rings is 1. The zero-order chi connectivity index (χ0) is 13.9. The Morgan fingerprint density at radius 1 is 1.35 bits per heavy atom. The lowest BCUT2D eigenvalue weighted by atomic mass is 10.1. The van der Waals surface area contributed by atoms with Crippen molar-refractivity contribution in [1.82, 2.24) is 5.32 Å². The second-order valence-corrected chi connectivity index (χ2v) is 6.92. The van der Waals surface area contributed by atoms with Crippen LogP contribution in [0.4, 0.5) is 0 Å². The van der Waals surface area contributed by atoms with Gasteiger partial charge in [0.15, 0.2) is 0 Å². The normalized spacial score (nSPS) is 18.8. The number of fused-ring (bicyclic) bond motifs is 1. The van der Waals surface area contributed by atoms with Crippen LogP contribution in [0.15, 0.2) is 23.1 Å². The zero-order valence-electron chi connectivity index (χ0n) is 11.6. The van der Waals surface area contributed by atoms with Crippen molar-refractivity contribution < 1.29 is 9.90 Å². The summed E-state index contributed by atoms with van der Waals surface area (Å²) in [4.78, 5) is 12.5. The van der Waals surface area contributed by atoms with Gasteiger partial charge in [0.2, 0.25) is 0 Å². The Hall–Kier alpha value is -1.00. The Kier molecular flexibility index (Phi) is 4.32. The van der Waals surface area contributed by atoms with Gasteiger partial charge in [-0.25, -0.2) is 0 Å². The molecule has 20 heavy (non-hydrogen) atoms. The van der Waals surface area contributed by atoms with Gasteiger partial charge in [-0.2, -0.15) is 0 Å². The highest BCUT2D eigenvalue weighted by molar-refractivity contribution is 7.99. The van der Waals surface area contributed by atoms with Gasteiger partial charge in [-0.05, 0) is 61.8 Å². The van der Waals surface area contributed by atoms with Crippen molar-refractivity contribution in [3.05, 3.63) is 29.3 Å². The third-order valence-electron chi connectivity index (χ3n) is 4.06. The Labute approximate surface area is 124 Å². The van der Waals surface area contributed by atoms with E-state index in [1.165, 1.54) is 35.3 Å². The van der Waals surface area contributed by atoms with Crippen LogP contribution in [0.25, 0.3) is 0 Å². The predicted molar refractivity (Wildman–Crippen MR) is 81.4 cm³/mol. The predicted octanol–water partition coefficient (Wildman–Crippen LogP) is 2.86. The maximum absolute atomic E-state index is 11.2. The minimum absolute atomic E-state index is 0.385. The molecule has 1 unspecified atom stereocenters. The third-order valence-corrected chi connectivity index (χ3v) is 5.08. The first-order valence-corrected chi connectivity index (χ1v) is 8.44. The molecular formula is C16H21NO2S. The molecule has 2 aliphatic rings. The standard InChI is InChI=1S/C16H21NO2S/c18-16(19)15(17-13-5-6-13)8-9-20-14-7-4-11-2-1-3-12(11)10-14/h4,7,10,13,15,17H,1-3,5-6,8-9H2,(H,18,19). The van der Waals surface area contributed by atoms with Crippen LogP contribution >= 0.6 is 11.8 Å². The molecule has 108 valence electrons. The van der Waals surface area contributed by atoms with Gasteiger partial charge in [-0.15, -0.1) is 11.8 Å². The molecule has 0 aliphatic heterocycles. The Balaban J connectivity index is 1.49. The number of rotatable bonds is 7. The van der Waals surface area contributed by atoms with E-state index in [0.29, 0.717) is 12.5 Å². The van der Waals surface area contributed by atoms with E-state index in [2.05, 4.69) is 23.5 Å². The van der Waals surface area contributed by atoms with E-state index in [0.717, 1.165) is 18.6 Å². The number of carboxylic acid groups (broad SMARTS) is 1.